The summed E-state index contributed by atoms with van der Waals surface area (Å²) in [6.07, 6.45) is 0.266. The van der Waals surface area contributed by atoms with Crippen LogP contribution in [0.25, 0.3) is 0 Å². The zero-order valence-corrected chi connectivity index (χ0v) is 11.1. The van der Waals surface area contributed by atoms with Crippen LogP contribution in [-0.4, -0.2) is 23.4 Å². The van der Waals surface area contributed by atoms with Gasteiger partial charge in [0.15, 0.2) is 18.2 Å². The molecule has 106 valence electrons. The lowest BCUT2D eigenvalue weighted by Crippen LogP contribution is -2.26. The van der Waals surface area contributed by atoms with Crippen molar-refractivity contribution < 1.29 is 14.3 Å². The van der Waals surface area contributed by atoms with Crippen LogP contribution in [0.1, 0.15) is 5.56 Å². The Labute approximate surface area is 121 Å². The summed E-state index contributed by atoms with van der Waals surface area (Å²) in [5.41, 5.74) is 0.921. The smallest absolute Gasteiger partial charge is 0.263 e. The van der Waals surface area contributed by atoms with Crippen LogP contribution in [0.2, 0.25) is 0 Å². The van der Waals surface area contributed by atoms with Crippen molar-refractivity contribution in [2.75, 3.05) is 17.2 Å². The highest BCUT2D eigenvalue weighted by Gasteiger charge is 2.17. The van der Waals surface area contributed by atoms with Crippen LogP contribution in [0.5, 0.6) is 5.75 Å². The van der Waals surface area contributed by atoms with Gasteiger partial charge in [0.2, 0.25) is 5.91 Å². The van der Waals surface area contributed by atoms with Crippen LogP contribution < -0.4 is 15.4 Å². The first-order valence-corrected chi connectivity index (χ1v) is 6.48. The fourth-order valence-corrected chi connectivity index (χ4v) is 2.00. The summed E-state index contributed by atoms with van der Waals surface area (Å²) in [6.45, 7) is -0.0195. The molecule has 0 saturated carbocycles. The van der Waals surface area contributed by atoms with Crippen LogP contribution in [0.3, 0.4) is 0 Å². The molecule has 0 spiro atoms. The first-order valence-electron chi connectivity index (χ1n) is 6.48. The molecule has 1 aliphatic rings. The maximum Gasteiger partial charge on any atom is 0.263 e. The van der Waals surface area contributed by atoms with Crippen molar-refractivity contribution in [2.24, 2.45) is 0 Å². The molecule has 0 atom stereocenters. The molecule has 2 N–H and O–H groups in total. The van der Waals surface area contributed by atoms with E-state index in [0.29, 0.717) is 17.4 Å². The molecule has 0 saturated heterocycles. The van der Waals surface area contributed by atoms with Gasteiger partial charge in [0.25, 0.3) is 5.91 Å². The Morgan fingerprint density at radius 3 is 2.86 bits per heavy atom. The number of carbonyl (C=O) groups excluding carboxylic acids is 2. The summed E-state index contributed by atoms with van der Waals surface area (Å²) in [6, 6.07) is 12.7. The van der Waals surface area contributed by atoms with E-state index in [1.165, 1.54) is 0 Å². The van der Waals surface area contributed by atoms with Gasteiger partial charge in [0.1, 0.15) is 5.82 Å². The number of ether oxygens (including phenoxy) is 1. The van der Waals surface area contributed by atoms with Crippen LogP contribution in [-0.2, 0) is 16.0 Å². The van der Waals surface area contributed by atoms with Gasteiger partial charge in [-0.15, -0.1) is 0 Å². The molecule has 0 radical (unpaired) electrons. The molecule has 6 nitrogen and oxygen atoms in total. The van der Waals surface area contributed by atoms with Gasteiger partial charge in [-0.3, -0.25) is 9.59 Å². The molecule has 6 heteroatoms. The molecular weight excluding hydrogens is 270 g/mol. The number of nitrogens with one attached hydrogen (secondary N) is 2. The molecular formula is C15H13N3O3. The average Bonchev–Trinajstić information content (AvgIpc) is 2.47. The number of pyridine rings is 1. The zero-order valence-electron chi connectivity index (χ0n) is 11.1. The number of carbonyl (C=O) groups is 2. The molecule has 21 heavy (non-hydrogen) atoms. The number of aromatic nitrogens is 1. The van der Waals surface area contributed by atoms with Gasteiger partial charge in [-0.05, 0) is 17.7 Å². The summed E-state index contributed by atoms with van der Waals surface area (Å²) in [7, 11) is 0. The fourth-order valence-electron chi connectivity index (χ4n) is 2.00. The van der Waals surface area contributed by atoms with Crippen molar-refractivity contribution in [2.45, 2.75) is 6.42 Å². The van der Waals surface area contributed by atoms with Crippen molar-refractivity contribution in [3.63, 3.8) is 0 Å². The maximum atomic E-state index is 11.9. The second-order valence-electron chi connectivity index (χ2n) is 4.59. The van der Waals surface area contributed by atoms with Gasteiger partial charge in [-0.1, -0.05) is 30.3 Å². The summed E-state index contributed by atoms with van der Waals surface area (Å²) in [5, 5.41) is 5.30. The minimum absolute atomic E-state index is 0.0195. The van der Waals surface area contributed by atoms with Crippen molar-refractivity contribution >= 4 is 23.5 Å². The standard InChI is InChI=1S/C15H13N3O3/c19-13(8-10-4-2-1-3-5-10)16-12-7-6-11-15(17-12)18-14(20)9-21-11/h1-7H,8-9H2,(H2,16,17,18,19,20). The lowest BCUT2D eigenvalue weighted by molar-refractivity contribution is -0.118. The van der Waals surface area contributed by atoms with Gasteiger partial charge in [0, 0.05) is 0 Å². The summed E-state index contributed by atoms with van der Waals surface area (Å²) in [4.78, 5) is 27.3. The lowest BCUT2D eigenvalue weighted by atomic mass is 10.1. The molecule has 2 aromatic rings. The summed E-state index contributed by atoms with van der Waals surface area (Å²) < 4.78 is 5.20. The predicted octanol–water partition coefficient (Wildman–Crippen LogP) is 1.59. The third kappa shape index (κ3) is 3.17. The number of rotatable bonds is 3. The molecule has 1 aromatic heterocycles. The molecule has 0 bridgehead atoms. The summed E-state index contributed by atoms with van der Waals surface area (Å²) >= 11 is 0. The van der Waals surface area contributed by atoms with Crippen LogP contribution in [0.4, 0.5) is 11.6 Å². The fraction of sp³-hybridized carbons (Fsp3) is 0.133. The van der Waals surface area contributed by atoms with E-state index in [2.05, 4.69) is 15.6 Å². The number of hydrogen-bond donors (Lipinski definition) is 2. The molecule has 0 unspecified atom stereocenters. The van der Waals surface area contributed by atoms with E-state index < -0.39 is 0 Å². The highest BCUT2D eigenvalue weighted by Crippen LogP contribution is 2.26. The highest BCUT2D eigenvalue weighted by molar-refractivity contribution is 5.95. The third-order valence-electron chi connectivity index (χ3n) is 2.95. The SMILES string of the molecule is O=C(Cc1ccccc1)Nc1ccc2c(n1)NC(=O)CO2. The Kier molecular flexibility index (Phi) is 3.51. The topological polar surface area (TPSA) is 80.3 Å². The molecule has 1 aliphatic heterocycles. The molecule has 2 amide bonds. The van der Waals surface area contributed by atoms with Crippen LogP contribution in [0.15, 0.2) is 42.5 Å². The molecule has 3 rings (SSSR count). The van der Waals surface area contributed by atoms with Gasteiger partial charge < -0.3 is 15.4 Å². The normalized spacial score (nSPS) is 12.9. The Balaban J connectivity index is 1.69. The molecule has 1 aromatic carbocycles. The molecule has 2 heterocycles. The van der Waals surface area contributed by atoms with Crippen molar-refractivity contribution in [1.82, 2.24) is 4.98 Å². The largest absolute Gasteiger partial charge is 0.480 e. The van der Waals surface area contributed by atoms with E-state index in [9.17, 15) is 9.59 Å². The second-order valence-corrected chi connectivity index (χ2v) is 4.59. The first-order chi connectivity index (χ1) is 10.2. The predicted molar refractivity (Wildman–Crippen MR) is 77.1 cm³/mol. The Hall–Kier alpha value is -2.89. The average molecular weight is 283 g/mol. The number of anilines is 2. The van der Waals surface area contributed by atoms with Crippen molar-refractivity contribution in [3.05, 3.63) is 48.0 Å². The van der Waals surface area contributed by atoms with E-state index >= 15 is 0 Å². The number of amides is 2. The number of fused-ring (bicyclic) bond motifs is 1. The molecule has 0 aliphatic carbocycles. The lowest BCUT2D eigenvalue weighted by Gasteiger charge is -2.17. The number of nitrogens with zero attached hydrogens (tertiary/aromatic N) is 1. The van der Waals surface area contributed by atoms with E-state index in [4.69, 9.17) is 4.74 Å². The minimum Gasteiger partial charge on any atom is -0.480 e. The first kappa shape index (κ1) is 13.1. The van der Waals surface area contributed by atoms with E-state index in [0.717, 1.165) is 5.56 Å². The van der Waals surface area contributed by atoms with Gasteiger partial charge in [-0.25, -0.2) is 4.98 Å². The van der Waals surface area contributed by atoms with Gasteiger partial charge >= 0.3 is 0 Å². The van der Waals surface area contributed by atoms with Crippen molar-refractivity contribution in [3.8, 4) is 5.75 Å². The van der Waals surface area contributed by atoms with Gasteiger partial charge in [0.05, 0.1) is 6.42 Å². The zero-order chi connectivity index (χ0) is 14.7. The Morgan fingerprint density at radius 2 is 2.05 bits per heavy atom. The highest BCUT2D eigenvalue weighted by atomic mass is 16.5. The second kappa shape index (κ2) is 5.62. The number of benzene rings is 1. The summed E-state index contributed by atoms with van der Waals surface area (Å²) in [5.74, 6) is 0.763. The number of hydrogen-bond acceptors (Lipinski definition) is 4. The van der Waals surface area contributed by atoms with Crippen molar-refractivity contribution in [1.29, 1.82) is 0 Å². The van der Waals surface area contributed by atoms with E-state index in [-0.39, 0.29) is 24.8 Å². The molecule has 0 fully saturated rings. The van der Waals surface area contributed by atoms with Crippen LogP contribution >= 0.6 is 0 Å². The van der Waals surface area contributed by atoms with Gasteiger partial charge in [-0.2, -0.15) is 0 Å². The maximum absolute atomic E-state index is 11.9. The van der Waals surface area contributed by atoms with E-state index in [1.54, 1.807) is 12.1 Å². The monoisotopic (exact) mass is 283 g/mol. The quantitative estimate of drug-likeness (QED) is 0.896. The van der Waals surface area contributed by atoms with E-state index in [1.807, 2.05) is 30.3 Å². The Morgan fingerprint density at radius 1 is 1.24 bits per heavy atom. The minimum atomic E-state index is -0.261. The Bertz CT molecular complexity index is 686. The van der Waals surface area contributed by atoms with Crippen LogP contribution in [0, 0.1) is 0 Å². The third-order valence-corrected chi connectivity index (χ3v) is 2.95.